The number of amides is 1. The molecular weight excluding hydrogens is 298 g/mol. The summed E-state index contributed by atoms with van der Waals surface area (Å²) in [6.45, 7) is 5.51. The zero-order chi connectivity index (χ0) is 16.8. The number of guanidine groups is 1. The quantitative estimate of drug-likeness (QED) is 0.900. The van der Waals surface area contributed by atoms with Gasteiger partial charge in [-0.25, -0.2) is 4.79 Å². The first-order valence-electron chi connectivity index (χ1n) is 7.63. The summed E-state index contributed by atoms with van der Waals surface area (Å²) in [7, 11) is 3.19. The lowest BCUT2D eigenvalue weighted by Gasteiger charge is -2.26. The van der Waals surface area contributed by atoms with Crippen molar-refractivity contribution >= 4 is 12.1 Å². The zero-order valence-electron chi connectivity index (χ0n) is 14.0. The summed E-state index contributed by atoms with van der Waals surface area (Å²) < 4.78 is 16.1. The van der Waals surface area contributed by atoms with Gasteiger partial charge in [0.15, 0.2) is 0 Å². The van der Waals surface area contributed by atoms with Gasteiger partial charge < -0.3 is 19.1 Å². The first-order chi connectivity index (χ1) is 11.1. The molecule has 23 heavy (non-hydrogen) atoms. The van der Waals surface area contributed by atoms with Gasteiger partial charge in [0.25, 0.3) is 0 Å². The highest BCUT2D eigenvalue weighted by atomic mass is 16.5. The lowest BCUT2D eigenvalue weighted by molar-refractivity contribution is 0.175. The molecular formula is C16H23N3O4. The van der Waals surface area contributed by atoms with Gasteiger partial charge in [-0.15, -0.1) is 0 Å². The van der Waals surface area contributed by atoms with Crippen molar-refractivity contribution in [2.45, 2.75) is 19.9 Å². The molecule has 7 heteroatoms. The molecule has 7 nitrogen and oxygen atoms in total. The molecule has 0 radical (unpaired) electrons. The maximum atomic E-state index is 11.4. The highest BCUT2D eigenvalue weighted by Gasteiger charge is 2.32. The standard InChI is InChI=1S/C16H23N3O4/c1-5-22-12-8-7-9-13(23-6-2)14(12)11-10-17-15(19(11)3)18-16(20)21-4/h7-9,11H,5-6,10H2,1-4H3,(H,17,18,20). The number of nitrogens with one attached hydrogen (secondary N) is 1. The third kappa shape index (κ3) is 3.67. The monoisotopic (exact) mass is 321 g/mol. The number of nitrogens with zero attached hydrogens (tertiary/aromatic N) is 2. The van der Waals surface area contributed by atoms with Crippen LogP contribution >= 0.6 is 0 Å². The fourth-order valence-corrected chi connectivity index (χ4v) is 2.52. The van der Waals surface area contributed by atoms with Gasteiger partial charge in [0, 0.05) is 7.05 Å². The molecule has 0 aromatic heterocycles. The summed E-state index contributed by atoms with van der Waals surface area (Å²) >= 11 is 0. The van der Waals surface area contributed by atoms with E-state index in [2.05, 4.69) is 15.0 Å². The molecule has 1 aliphatic heterocycles. The van der Waals surface area contributed by atoms with E-state index in [9.17, 15) is 4.79 Å². The largest absolute Gasteiger partial charge is 0.493 e. The van der Waals surface area contributed by atoms with Gasteiger partial charge >= 0.3 is 6.09 Å². The number of ether oxygens (including phenoxy) is 3. The molecule has 1 N–H and O–H groups in total. The van der Waals surface area contributed by atoms with E-state index >= 15 is 0 Å². The van der Waals surface area contributed by atoms with Gasteiger partial charge in [-0.05, 0) is 26.0 Å². The highest BCUT2D eigenvalue weighted by molar-refractivity contribution is 5.95. The lowest BCUT2D eigenvalue weighted by Crippen LogP contribution is -2.40. The Hall–Kier alpha value is -2.44. The second kappa shape index (κ2) is 7.71. The number of likely N-dealkylation sites (N-methyl/N-ethyl adjacent to an activating group) is 1. The minimum Gasteiger partial charge on any atom is -0.493 e. The van der Waals surface area contributed by atoms with Gasteiger partial charge in [-0.3, -0.25) is 10.3 Å². The van der Waals surface area contributed by atoms with Gasteiger partial charge in [0.1, 0.15) is 11.5 Å². The van der Waals surface area contributed by atoms with Crippen LogP contribution in [0.1, 0.15) is 25.5 Å². The number of hydrogen-bond donors (Lipinski definition) is 1. The van der Waals surface area contributed by atoms with E-state index in [1.54, 1.807) is 0 Å². The molecule has 0 spiro atoms. The van der Waals surface area contributed by atoms with Crippen molar-refractivity contribution in [1.82, 2.24) is 10.2 Å². The number of carbonyl (C=O) groups excluding carboxylic acids is 1. The topological polar surface area (TPSA) is 72.4 Å². The van der Waals surface area contributed by atoms with E-state index in [-0.39, 0.29) is 6.04 Å². The number of rotatable bonds is 5. The minimum atomic E-state index is -0.542. The maximum absolute atomic E-state index is 11.4. The van der Waals surface area contributed by atoms with Crippen LogP contribution in [0.3, 0.4) is 0 Å². The number of aliphatic imine (C=N–C) groups is 1. The van der Waals surface area contributed by atoms with Gasteiger partial charge in [0.2, 0.25) is 5.96 Å². The Balaban J connectivity index is 2.29. The van der Waals surface area contributed by atoms with Gasteiger partial charge in [-0.2, -0.15) is 0 Å². The zero-order valence-corrected chi connectivity index (χ0v) is 14.0. The number of alkyl carbamates (subject to hydrolysis) is 1. The molecule has 0 aliphatic carbocycles. The number of benzene rings is 1. The van der Waals surface area contributed by atoms with E-state index in [1.165, 1.54) is 7.11 Å². The molecule has 2 rings (SSSR count). The Kier molecular flexibility index (Phi) is 5.67. The van der Waals surface area contributed by atoms with Gasteiger partial charge in [-0.1, -0.05) is 6.07 Å². The van der Waals surface area contributed by atoms with Crippen LogP contribution in [0.25, 0.3) is 0 Å². The van der Waals surface area contributed by atoms with Crippen molar-refractivity contribution in [2.75, 3.05) is 33.9 Å². The van der Waals surface area contributed by atoms with Crippen LogP contribution in [0.5, 0.6) is 11.5 Å². The first-order valence-corrected chi connectivity index (χ1v) is 7.63. The molecule has 1 unspecified atom stereocenters. The predicted octanol–water partition coefficient (Wildman–Crippen LogP) is 2.18. The van der Waals surface area contributed by atoms with Crippen LogP contribution < -0.4 is 14.8 Å². The van der Waals surface area contributed by atoms with E-state index in [4.69, 9.17) is 9.47 Å². The van der Waals surface area contributed by atoms with E-state index in [1.807, 2.05) is 44.0 Å². The summed E-state index contributed by atoms with van der Waals surface area (Å²) in [6.07, 6.45) is -0.542. The Labute approximate surface area is 136 Å². The summed E-state index contributed by atoms with van der Waals surface area (Å²) in [5, 5.41) is 2.61. The summed E-state index contributed by atoms with van der Waals surface area (Å²) in [6, 6.07) is 5.66. The molecule has 1 aromatic rings. The Morgan fingerprint density at radius 3 is 2.43 bits per heavy atom. The van der Waals surface area contributed by atoms with Crippen LogP contribution in [0.4, 0.5) is 4.79 Å². The van der Waals surface area contributed by atoms with Crippen LogP contribution in [-0.4, -0.2) is 50.9 Å². The number of methoxy groups -OCH3 is 1. The molecule has 1 aliphatic rings. The van der Waals surface area contributed by atoms with Crippen LogP contribution in [0, 0.1) is 0 Å². The smallest absolute Gasteiger partial charge is 0.413 e. The molecule has 0 saturated carbocycles. The van der Waals surface area contributed by atoms with E-state index in [0.29, 0.717) is 25.7 Å². The van der Waals surface area contributed by atoms with Crippen molar-refractivity contribution < 1.29 is 19.0 Å². The second-order valence-electron chi connectivity index (χ2n) is 4.94. The molecule has 126 valence electrons. The van der Waals surface area contributed by atoms with Crippen LogP contribution in [0.15, 0.2) is 23.2 Å². The Bertz CT molecular complexity index is 564. The predicted molar refractivity (Wildman–Crippen MR) is 87.1 cm³/mol. The summed E-state index contributed by atoms with van der Waals surface area (Å²) in [5.41, 5.74) is 0.934. The van der Waals surface area contributed by atoms with Crippen molar-refractivity contribution in [1.29, 1.82) is 0 Å². The third-order valence-corrected chi connectivity index (χ3v) is 3.57. The SMILES string of the molecule is CCOc1cccc(OCC)c1C1CN=C(NC(=O)OC)N1C. The lowest BCUT2D eigenvalue weighted by atomic mass is 10.0. The molecule has 1 heterocycles. The molecule has 0 saturated heterocycles. The Morgan fingerprint density at radius 2 is 1.91 bits per heavy atom. The second-order valence-corrected chi connectivity index (χ2v) is 4.94. The fraction of sp³-hybridized carbons (Fsp3) is 0.500. The molecule has 0 bridgehead atoms. The molecule has 1 amide bonds. The number of hydrogen-bond acceptors (Lipinski definition) is 6. The average Bonchev–Trinajstić information content (AvgIpc) is 2.89. The first kappa shape index (κ1) is 16.9. The average molecular weight is 321 g/mol. The Morgan fingerprint density at radius 1 is 1.30 bits per heavy atom. The number of carbonyl (C=O) groups is 1. The van der Waals surface area contributed by atoms with Crippen molar-refractivity contribution in [2.24, 2.45) is 4.99 Å². The van der Waals surface area contributed by atoms with Crippen LogP contribution in [0.2, 0.25) is 0 Å². The summed E-state index contributed by atoms with van der Waals surface area (Å²) in [4.78, 5) is 17.7. The van der Waals surface area contributed by atoms with E-state index in [0.717, 1.165) is 17.1 Å². The van der Waals surface area contributed by atoms with Gasteiger partial charge in [0.05, 0.1) is 38.5 Å². The minimum absolute atomic E-state index is 0.0774. The molecule has 1 atom stereocenters. The fourth-order valence-electron chi connectivity index (χ4n) is 2.52. The van der Waals surface area contributed by atoms with Crippen LogP contribution in [-0.2, 0) is 4.74 Å². The third-order valence-electron chi connectivity index (χ3n) is 3.57. The molecule has 1 aromatic carbocycles. The normalized spacial score (nSPS) is 16.8. The van der Waals surface area contributed by atoms with Crippen molar-refractivity contribution in [3.8, 4) is 11.5 Å². The maximum Gasteiger partial charge on any atom is 0.413 e. The van der Waals surface area contributed by atoms with Crippen molar-refractivity contribution in [3.63, 3.8) is 0 Å². The highest BCUT2D eigenvalue weighted by Crippen LogP contribution is 2.38. The van der Waals surface area contributed by atoms with E-state index < -0.39 is 6.09 Å². The van der Waals surface area contributed by atoms with Crippen molar-refractivity contribution in [3.05, 3.63) is 23.8 Å². The summed E-state index contributed by atoms with van der Waals surface area (Å²) in [5.74, 6) is 2.00. The molecule has 0 fully saturated rings.